The number of aromatic carboxylic acids is 1. The number of nitrogens with zero attached hydrogens (tertiary/aromatic N) is 2. The average Bonchev–Trinajstić information content (AvgIpc) is 3.23. The van der Waals surface area contributed by atoms with E-state index in [2.05, 4.69) is 9.71 Å². The first kappa shape index (κ1) is 25.8. The number of carbonyl (C=O) groups is 2. The molecule has 0 spiro atoms. The van der Waals surface area contributed by atoms with Crippen LogP contribution in [0.4, 0.5) is 14.5 Å². The second kappa shape index (κ2) is 8.96. The normalized spacial score (nSPS) is 12.0. The Bertz CT molecular complexity index is 1670. The van der Waals surface area contributed by atoms with Crippen molar-refractivity contribution in [1.29, 1.82) is 0 Å². The number of anilines is 1. The van der Waals surface area contributed by atoms with E-state index in [1.807, 2.05) is 20.8 Å². The molecule has 0 fully saturated rings. The van der Waals surface area contributed by atoms with E-state index in [9.17, 15) is 27.5 Å². The highest BCUT2D eigenvalue weighted by atomic mass is 32.2. The van der Waals surface area contributed by atoms with Crippen LogP contribution < -0.4 is 10.5 Å². The van der Waals surface area contributed by atoms with Crippen molar-refractivity contribution in [3.8, 4) is 5.69 Å². The van der Waals surface area contributed by atoms with Gasteiger partial charge in [-0.25, -0.2) is 27.0 Å². The largest absolute Gasteiger partial charge is 0.478 e. The molecule has 9 nitrogen and oxygen atoms in total. The van der Waals surface area contributed by atoms with E-state index in [0.717, 1.165) is 17.8 Å². The minimum Gasteiger partial charge on any atom is -0.478 e. The predicted octanol–water partition coefficient (Wildman–Crippen LogP) is 4.20. The number of nitrogens with two attached hydrogens (primary N) is 1. The molecule has 0 bridgehead atoms. The predicted molar refractivity (Wildman–Crippen MR) is 132 cm³/mol. The van der Waals surface area contributed by atoms with Crippen molar-refractivity contribution in [2.24, 2.45) is 5.73 Å². The van der Waals surface area contributed by atoms with E-state index in [4.69, 9.17) is 5.73 Å². The summed E-state index contributed by atoms with van der Waals surface area (Å²) in [6, 6.07) is 9.42. The zero-order valence-electron chi connectivity index (χ0n) is 19.9. The number of halogens is 2. The Morgan fingerprint density at radius 3 is 2.30 bits per heavy atom. The van der Waals surface area contributed by atoms with Crippen molar-refractivity contribution >= 4 is 38.6 Å². The maximum atomic E-state index is 15.5. The van der Waals surface area contributed by atoms with Gasteiger partial charge in [-0.05, 0) is 35.2 Å². The molecule has 0 saturated carbocycles. The Morgan fingerprint density at radius 2 is 1.73 bits per heavy atom. The Morgan fingerprint density at radius 1 is 1.08 bits per heavy atom. The third-order valence-electron chi connectivity index (χ3n) is 5.74. The minimum absolute atomic E-state index is 0.0885. The second-order valence-corrected chi connectivity index (χ2v) is 11.0. The van der Waals surface area contributed by atoms with E-state index in [1.54, 1.807) is 12.1 Å². The molecular weight excluding hydrogens is 506 g/mol. The van der Waals surface area contributed by atoms with Crippen LogP contribution in [-0.2, 0) is 15.4 Å². The SMILES string of the molecule is CC(C)(C)c1ccc(S(=O)(=O)Nc2c(-n3ccc4cc(C(=O)O)cnc43)cc(F)c(C(N)=O)c2F)cc1. The summed E-state index contributed by atoms with van der Waals surface area (Å²) >= 11 is 0. The number of hydrogen-bond donors (Lipinski definition) is 3. The number of sulfonamides is 1. The van der Waals surface area contributed by atoms with Gasteiger partial charge in [0.05, 0.1) is 16.1 Å². The van der Waals surface area contributed by atoms with Crippen molar-refractivity contribution in [1.82, 2.24) is 9.55 Å². The van der Waals surface area contributed by atoms with Crippen LogP contribution in [0.1, 0.15) is 47.1 Å². The fourth-order valence-electron chi connectivity index (χ4n) is 3.78. The van der Waals surface area contributed by atoms with Gasteiger partial charge in [0.15, 0.2) is 5.82 Å². The highest BCUT2D eigenvalue weighted by Crippen LogP contribution is 2.33. The van der Waals surface area contributed by atoms with Crippen LogP contribution in [0, 0.1) is 11.6 Å². The average molecular weight is 529 g/mol. The molecular formula is C25H22F2N4O5S. The topological polar surface area (TPSA) is 144 Å². The summed E-state index contributed by atoms with van der Waals surface area (Å²) in [6.45, 7) is 5.86. The molecule has 2 aromatic heterocycles. The second-order valence-electron chi connectivity index (χ2n) is 9.31. The van der Waals surface area contributed by atoms with Crippen molar-refractivity contribution in [2.45, 2.75) is 31.1 Å². The number of amides is 1. The zero-order valence-corrected chi connectivity index (χ0v) is 20.7. The molecule has 0 radical (unpaired) electrons. The lowest BCUT2D eigenvalue weighted by atomic mass is 9.87. The Hall–Kier alpha value is -4.32. The van der Waals surface area contributed by atoms with E-state index >= 15 is 4.39 Å². The lowest BCUT2D eigenvalue weighted by Crippen LogP contribution is -2.21. The maximum absolute atomic E-state index is 15.5. The number of nitrogens with one attached hydrogen (secondary N) is 1. The molecule has 12 heteroatoms. The molecule has 4 N–H and O–H groups in total. The molecule has 4 rings (SSSR count). The van der Waals surface area contributed by atoms with Gasteiger partial charge in [-0.2, -0.15) is 0 Å². The zero-order chi connectivity index (χ0) is 27.3. The van der Waals surface area contributed by atoms with Gasteiger partial charge in [0.1, 0.15) is 22.7 Å². The number of benzene rings is 2. The molecule has 0 aliphatic heterocycles. The lowest BCUT2D eigenvalue weighted by Gasteiger charge is -2.20. The lowest BCUT2D eigenvalue weighted by molar-refractivity contribution is 0.0696. The highest BCUT2D eigenvalue weighted by Gasteiger charge is 2.28. The van der Waals surface area contributed by atoms with Gasteiger partial charge in [-0.3, -0.25) is 14.1 Å². The van der Waals surface area contributed by atoms with Crippen molar-refractivity contribution in [3.63, 3.8) is 0 Å². The summed E-state index contributed by atoms with van der Waals surface area (Å²) in [5.74, 6) is -5.49. The Labute approximate surface area is 210 Å². The summed E-state index contributed by atoms with van der Waals surface area (Å²) in [5.41, 5.74) is 3.54. The molecule has 0 aliphatic rings. The maximum Gasteiger partial charge on any atom is 0.337 e. The van der Waals surface area contributed by atoms with Crippen LogP contribution in [0.25, 0.3) is 16.7 Å². The molecule has 2 heterocycles. The number of aromatic nitrogens is 2. The summed E-state index contributed by atoms with van der Waals surface area (Å²) < 4.78 is 60.0. The molecule has 4 aromatic rings. The van der Waals surface area contributed by atoms with Crippen LogP contribution in [0.2, 0.25) is 0 Å². The summed E-state index contributed by atoms with van der Waals surface area (Å²) in [5, 5.41) is 9.51. The van der Waals surface area contributed by atoms with Crippen LogP contribution in [0.3, 0.4) is 0 Å². The Balaban J connectivity index is 1.90. The standard InChI is InChI=1S/C25H22F2N4O5S/c1-25(2,3)15-4-6-16(7-5-15)37(35,36)30-21-18(11-17(26)19(20(21)27)22(28)32)31-9-8-13-10-14(24(33)34)12-29-23(13)31/h4-12,30H,1-3H3,(H2,28,32)(H,33,34). The molecule has 192 valence electrons. The fourth-order valence-corrected chi connectivity index (χ4v) is 4.86. The molecule has 37 heavy (non-hydrogen) atoms. The van der Waals surface area contributed by atoms with Crippen LogP contribution in [0.15, 0.2) is 59.8 Å². The first-order valence-corrected chi connectivity index (χ1v) is 12.3. The third kappa shape index (κ3) is 4.75. The van der Waals surface area contributed by atoms with Crippen molar-refractivity contribution in [2.75, 3.05) is 4.72 Å². The van der Waals surface area contributed by atoms with Crippen LogP contribution in [0.5, 0.6) is 0 Å². The molecule has 0 saturated heterocycles. The number of pyridine rings is 1. The quantitative estimate of drug-likeness (QED) is 0.342. The number of primary amides is 1. The number of rotatable bonds is 6. The molecule has 0 atom stereocenters. The van der Waals surface area contributed by atoms with Gasteiger partial charge < -0.3 is 10.8 Å². The minimum atomic E-state index is -4.41. The first-order chi connectivity index (χ1) is 17.2. The number of carbonyl (C=O) groups excluding carboxylic acids is 1. The van der Waals surface area contributed by atoms with Crippen LogP contribution >= 0.6 is 0 Å². The van der Waals surface area contributed by atoms with Crippen molar-refractivity contribution < 1.29 is 31.9 Å². The van der Waals surface area contributed by atoms with E-state index < -0.39 is 44.8 Å². The number of fused-ring (bicyclic) bond motifs is 1. The van der Waals surface area contributed by atoms with Gasteiger partial charge in [0.2, 0.25) is 0 Å². The summed E-state index contributed by atoms with van der Waals surface area (Å²) in [6.07, 6.45) is 2.38. The van der Waals surface area contributed by atoms with Gasteiger partial charge in [0, 0.05) is 23.8 Å². The van der Waals surface area contributed by atoms with Gasteiger partial charge in [-0.1, -0.05) is 32.9 Å². The van der Waals surface area contributed by atoms with E-state index in [-0.39, 0.29) is 27.2 Å². The van der Waals surface area contributed by atoms with Crippen molar-refractivity contribution in [3.05, 3.63) is 83.2 Å². The third-order valence-corrected chi connectivity index (χ3v) is 7.11. The first-order valence-electron chi connectivity index (χ1n) is 10.9. The van der Waals surface area contributed by atoms with Crippen LogP contribution in [-0.4, -0.2) is 35.0 Å². The number of carboxylic acid groups (broad SMARTS) is 1. The Kier molecular flexibility index (Phi) is 6.24. The highest BCUT2D eigenvalue weighted by molar-refractivity contribution is 7.92. The molecule has 1 amide bonds. The number of hydrogen-bond acceptors (Lipinski definition) is 5. The molecule has 0 aliphatic carbocycles. The summed E-state index contributed by atoms with van der Waals surface area (Å²) in [4.78, 5) is 26.9. The molecule has 0 unspecified atom stereocenters. The van der Waals surface area contributed by atoms with Gasteiger partial charge in [-0.15, -0.1) is 0 Å². The van der Waals surface area contributed by atoms with Gasteiger partial charge >= 0.3 is 5.97 Å². The monoisotopic (exact) mass is 528 g/mol. The smallest absolute Gasteiger partial charge is 0.337 e. The molecule has 2 aromatic carbocycles. The summed E-state index contributed by atoms with van der Waals surface area (Å²) in [7, 11) is -4.41. The van der Waals surface area contributed by atoms with E-state index in [1.165, 1.54) is 35.0 Å². The number of carboxylic acids is 1. The van der Waals surface area contributed by atoms with E-state index in [0.29, 0.717) is 5.39 Å². The van der Waals surface area contributed by atoms with Gasteiger partial charge in [0.25, 0.3) is 15.9 Å². The fraction of sp³-hybridized carbons (Fsp3) is 0.160.